The van der Waals surface area contributed by atoms with E-state index >= 15 is 0 Å². The summed E-state index contributed by atoms with van der Waals surface area (Å²) < 4.78 is 13.4. The molecule has 0 spiro atoms. The topological polar surface area (TPSA) is 102 Å². The van der Waals surface area contributed by atoms with Crippen LogP contribution in [0.3, 0.4) is 0 Å². The van der Waals surface area contributed by atoms with E-state index in [0.717, 1.165) is 16.0 Å². The van der Waals surface area contributed by atoms with Crippen LogP contribution in [-0.4, -0.2) is 24.9 Å². The van der Waals surface area contributed by atoms with Crippen molar-refractivity contribution in [3.63, 3.8) is 0 Å². The fourth-order valence-corrected chi connectivity index (χ4v) is 3.54. The summed E-state index contributed by atoms with van der Waals surface area (Å²) in [6, 6.07) is 6.37. The molecule has 1 aromatic carbocycles. The summed E-state index contributed by atoms with van der Waals surface area (Å²) in [5.74, 6) is 0.754. The maximum atomic E-state index is 13.4. The summed E-state index contributed by atoms with van der Waals surface area (Å²) in [6.45, 7) is 2.01. The Morgan fingerprint density at radius 2 is 1.89 bits per heavy atom. The number of nitrogen functional groups attached to an aromatic ring is 1. The average molecular weight is 393 g/mol. The third kappa shape index (κ3) is 3.65. The molecule has 1 atom stereocenters. The van der Waals surface area contributed by atoms with Crippen molar-refractivity contribution >= 4 is 28.9 Å². The first-order valence-corrected chi connectivity index (χ1v) is 9.34. The molecule has 4 rings (SSSR count). The van der Waals surface area contributed by atoms with Gasteiger partial charge in [-0.25, -0.2) is 14.4 Å². The largest absolute Gasteiger partial charge is 0.368 e. The molecule has 0 aliphatic carbocycles. The smallest absolute Gasteiger partial charge is 0.222 e. The zero-order chi connectivity index (χ0) is 19.5. The summed E-state index contributed by atoms with van der Waals surface area (Å²) in [5.41, 5.74) is 10.1. The van der Waals surface area contributed by atoms with Gasteiger partial charge in [0, 0.05) is 30.1 Å². The molecule has 3 N–H and O–H groups in total. The van der Waals surface area contributed by atoms with E-state index in [4.69, 9.17) is 5.73 Å². The maximum absolute atomic E-state index is 13.4. The predicted molar refractivity (Wildman–Crippen MR) is 107 cm³/mol. The standard InChI is InChI=1S/C19H16FN7S/c1-11(12-2-4-13(20)5-3-12)16-17(14-8-23-10-28-14)26-19(21)27-18(16)25-15-9-22-6-7-24-15/h2-11H,1H3,(H3,21,24,25,26,27). The molecule has 3 heterocycles. The second-order valence-corrected chi connectivity index (χ2v) is 6.93. The Hall–Kier alpha value is -3.46. The van der Waals surface area contributed by atoms with Crippen molar-refractivity contribution in [2.75, 3.05) is 11.1 Å². The number of nitrogens with zero attached hydrogens (tertiary/aromatic N) is 5. The van der Waals surface area contributed by atoms with Crippen molar-refractivity contribution in [3.8, 4) is 10.6 Å². The molecule has 4 aromatic rings. The van der Waals surface area contributed by atoms with Gasteiger partial charge in [-0.3, -0.25) is 9.97 Å². The van der Waals surface area contributed by atoms with Gasteiger partial charge in [0.25, 0.3) is 0 Å². The van der Waals surface area contributed by atoms with Crippen molar-refractivity contribution < 1.29 is 4.39 Å². The normalized spacial score (nSPS) is 11.9. The van der Waals surface area contributed by atoms with Crippen molar-refractivity contribution in [1.82, 2.24) is 24.9 Å². The molecule has 0 fully saturated rings. The zero-order valence-electron chi connectivity index (χ0n) is 14.9. The Morgan fingerprint density at radius 1 is 1.07 bits per heavy atom. The quantitative estimate of drug-likeness (QED) is 0.528. The Labute approximate surface area is 164 Å². The highest BCUT2D eigenvalue weighted by Crippen LogP contribution is 2.38. The number of nitrogens with two attached hydrogens (primary N) is 1. The number of hydrogen-bond acceptors (Lipinski definition) is 8. The van der Waals surface area contributed by atoms with Crippen LogP contribution in [-0.2, 0) is 0 Å². The van der Waals surface area contributed by atoms with Gasteiger partial charge in [0.1, 0.15) is 17.5 Å². The molecule has 0 aliphatic rings. The minimum atomic E-state index is -0.287. The second-order valence-electron chi connectivity index (χ2n) is 6.05. The predicted octanol–water partition coefficient (Wildman–Crippen LogP) is 4.01. The van der Waals surface area contributed by atoms with Gasteiger partial charge < -0.3 is 11.1 Å². The lowest BCUT2D eigenvalue weighted by Crippen LogP contribution is -2.10. The Morgan fingerprint density at radius 3 is 2.57 bits per heavy atom. The number of halogens is 1. The van der Waals surface area contributed by atoms with Gasteiger partial charge in [0.15, 0.2) is 0 Å². The monoisotopic (exact) mass is 393 g/mol. The highest BCUT2D eigenvalue weighted by atomic mass is 32.1. The first kappa shape index (κ1) is 17.9. The number of anilines is 3. The van der Waals surface area contributed by atoms with Crippen LogP contribution < -0.4 is 11.1 Å². The second kappa shape index (κ2) is 7.65. The summed E-state index contributed by atoms with van der Waals surface area (Å²) in [6.07, 6.45) is 6.50. The van der Waals surface area contributed by atoms with Crippen LogP contribution in [0, 0.1) is 5.82 Å². The summed E-state index contributed by atoms with van der Waals surface area (Å²) in [7, 11) is 0. The van der Waals surface area contributed by atoms with Crippen molar-refractivity contribution in [1.29, 1.82) is 0 Å². The van der Waals surface area contributed by atoms with Crippen molar-refractivity contribution in [2.24, 2.45) is 0 Å². The lowest BCUT2D eigenvalue weighted by Gasteiger charge is -2.20. The lowest BCUT2D eigenvalue weighted by molar-refractivity contribution is 0.626. The minimum absolute atomic E-state index is 0.129. The van der Waals surface area contributed by atoms with Crippen LogP contribution in [0.25, 0.3) is 10.6 Å². The van der Waals surface area contributed by atoms with E-state index in [2.05, 4.69) is 30.2 Å². The van der Waals surface area contributed by atoms with E-state index in [1.807, 2.05) is 6.92 Å². The summed E-state index contributed by atoms with van der Waals surface area (Å²) in [5, 5.41) is 3.18. The molecular weight excluding hydrogens is 377 g/mol. The molecule has 9 heteroatoms. The zero-order valence-corrected chi connectivity index (χ0v) is 15.7. The third-order valence-electron chi connectivity index (χ3n) is 4.24. The van der Waals surface area contributed by atoms with E-state index in [1.54, 1.807) is 42.4 Å². The van der Waals surface area contributed by atoms with Crippen LogP contribution in [0.2, 0.25) is 0 Å². The minimum Gasteiger partial charge on any atom is -0.368 e. The molecule has 0 amide bonds. The average Bonchev–Trinajstić information content (AvgIpc) is 3.23. The van der Waals surface area contributed by atoms with Crippen LogP contribution in [0.1, 0.15) is 24.0 Å². The number of hydrogen-bond donors (Lipinski definition) is 2. The number of benzene rings is 1. The van der Waals surface area contributed by atoms with Gasteiger partial charge in [0.05, 0.1) is 22.3 Å². The fraction of sp³-hybridized carbons (Fsp3) is 0.105. The Bertz CT molecular complexity index is 1070. The Balaban J connectivity index is 1.88. The molecule has 28 heavy (non-hydrogen) atoms. The first-order chi connectivity index (χ1) is 13.6. The van der Waals surface area contributed by atoms with E-state index < -0.39 is 0 Å². The molecular formula is C19H16FN7S. The molecule has 7 nitrogen and oxygen atoms in total. The molecule has 0 saturated heterocycles. The highest BCUT2D eigenvalue weighted by Gasteiger charge is 2.23. The van der Waals surface area contributed by atoms with Gasteiger partial charge in [-0.15, -0.1) is 11.3 Å². The van der Waals surface area contributed by atoms with Gasteiger partial charge >= 0.3 is 0 Å². The number of aromatic nitrogens is 5. The van der Waals surface area contributed by atoms with Crippen LogP contribution in [0.4, 0.5) is 22.0 Å². The van der Waals surface area contributed by atoms with Gasteiger partial charge in [-0.05, 0) is 17.7 Å². The molecule has 0 radical (unpaired) electrons. The van der Waals surface area contributed by atoms with Gasteiger partial charge in [0.2, 0.25) is 5.95 Å². The van der Waals surface area contributed by atoms with E-state index in [1.165, 1.54) is 23.5 Å². The SMILES string of the molecule is CC(c1ccc(F)cc1)c1c(Nc2cnccn2)nc(N)nc1-c1cncs1. The molecule has 0 bridgehead atoms. The van der Waals surface area contributed by atoms with Crippen molar-refractivity contribution in [2.45, 2.75) is 12.8 Å². The van der Waals surface area contributed by atoms with Crippen molar-refractivity contribution in [3.05, 3.63) is 71.5 Å². The number of nitrogens with one attached hydrogen (secondary N) is 1. The fourth-order valence-electron chi connectivity index (χ4n) is 2.92. The lowest BCUT2D eigenvalue weighted by atomic mass is 9.91. The molecule has 3 aromatic heterocycles. The number of rotatable bonds is 5. The highest BCUT2D eigenvalue weighted by molar-refractivity contribution is 7.13. The molecule has 1 unspecified atom stereocenters. The van der Waals surface area contributed by atoms with E-state index in [-0.39, 0.29) is 17.7 Å². The Kier molecular flexibility index (Phi) is 4.90. The molecule has 140 valence electrons. The van der Waals surface area contributed by atoms with Crippen LogP contribution in [0.5, 0.6) is 0 Å². The van der Waals surface area contributed by atoms with Gasteiger partial charge in [-0.2, -0.15) is 4.98 Å². The van der Waals surface area contributed by atoms with Crippen LogP contribution in [0.15, 0.2) is 54.6 Å². The van der Waals surface area contributed by atoms with Crippen LogP contribution >= 0.6 is 11.3 Å². The summed E-state index contributed by atoms with van der Waals surface area (Å²) in [4.78, 5) is 22.2. The molecule has 0 saturated carbocycles. The number of thiazole rings is 1. The third-order valence-corrected chi connectivity index (χ3v) is 5.02. The van der Waals surface area contributed by atoms with E-state index in [9.17, 15) is 4.39 Å². The first-order valence-electron chi connectivity index (χ1n) is 8.46. The summed E-state index contributed by atoms with van der Waals surface area (Å²) >= 11 is 1.46. The van der Waals surface area contributed by atoms with E-state index in [0.29, 0.717) is 17.3 Å². The van der Waals surface area contributed by atoms with Gasteiger partial charge in [-0.1, -0.05) is 19.1 Å². The molecule has 0 aliphatic heterocycles. The maximum Gasteiger partial charge on any atom is 0.222 e.